The molecule has 2 aliphatic rings. The maximum absolute atomic E-state index is 12.8. The Morgan fingerprint density at radius 2 is 2.00 bits per heavy atom. The zero-order chi connectivity index (χ0) is 15.0. The summed E-state index contributed by atoms with van der Waals surface area (Å²) in [6.07, 6.45) is 6.20. The van der Waals surface area contributed by atoms with Gasteiger partial charge in [-0.2, -0.15) is 4.31 Å². The number of carboxylic acids is 1. The van der Waals surface area contributed by atoms with Crippen LogP contribution in [0.15, 0.2) is 9.72 Å². The second-order valence-corrected chi connectivity index (χ2v) is 8.60. The minimum Gasteiger partial charge on any atom is -0.476 e. The van der Waals surface area contributed by atoms with Gasteiger partial charge in [-0.25, -0.2) is 18.2 Å². The molecule has 0 radical (unpaired) electrons. The van der Waals surface area contributed by atoms with E-state index in [0.29, 0.717) is 12.5 Å². The van der Waals surface area contributed by atoms with Crippen LogP contribution >= 0.6 is 11.3 Å². The largest absolute Gasteiger partial charge is 0.476 e. The maximum atomic E-state index is 12.8. The fraction of sp³-hybridized carbons (Fsp3) is 0.692. The van der Waals surface area contributed by atoms with Gasteiger partial charge in [-0.15, -0.1) is 11.3 Å². The van der Waals surface area contributed by atoms with E-state index < -0.39 is 16.0 Å². The highest BCUT2D eigenvalue weighted by atomic mass is 32.2. The summed E-state index contributed by atoms with van der Waals surface area (Å²) in [6.45, 7) is 0.487. The third kappa shape index (κ3) is 2.60. The second kappa shape index (κ2) is 5.66. The van der Waals surface area contributed by atoms with E-state index in [-0.39, 0.29) is 15.9 Å². The normalized spacial score (nSPS) is 24.7. The summed E-state index contributed by atoms with van der Waals surface area (Å²) in [5.41, 5.74) is 0.939. The predicted molar refractivity (Wildman–Crippen MR) is 77.9 cm³/mol. The number of carboxylic acid groups (broad SMARTS) is 1. The number of hydrogen-bond donors (Lipinski definition) is 1. The Morgan fingerprint density at radius 1 is 1.29 bits per heavy atom. The maximum Gasteiger partial charge on any atom is 0.356 e. The number of aromatic nitrogens is 1. The molecule has 21 heavy (non-hydrogen) atoms. The van der Waals surface area contributed by atoms with E-state index in [4.69, 9.17) is 5.11 Å². The van der Waals surface area contributed by atoms with Gasteiger partial charge in [0.1, 0.15) is 0 Å². The van der Waals surface area contributed by atoms with Crippen molar-refractivity contribution >= 4 is 27.3 Å². The van der Waals surface area contributed by atoms with Crippen LogP contribution in [0.4, 0.5) is 0 Å². The molecule has 1 aliphatic carbocycles. The number of aromatic carboxylic acids is 1. The Labute approximate surface area is 127 Å². The van der Waals surface area contributed by atoms with Crippen molar-refractivity contribution in [1.82, 2.24) is 9.29 Å². The molecular weight excluding hydrogens is 312 g/mol. The van der Waals surface area contributed by atoms with Crippen molar-refractivity contribution in [2.45, 2.75) is 48.8 Å². The molecule has 0 amide bonds. The highest BCUT2D eigenvalue weighted by Gasteiger charge is 2.42. The Morgan fingerprint density at radius 3 is 2.67 bits per heavy atom. The van der Waals surface area contributed by atoms with Crippen molar-refractivity contribution in [2.24, 2.45) is 5.92 Å². The van der Waals surface area contributed by atoms with Gasteiger partial charge < -0.3 is 5.11 Å². The lowest BCUT2D eigenvalue weighted by Crippen LogP contribution is -2.39. The van der Waals surface area contributed by atoms with Crippen LogP contribution in [-0.4, -0.2) is 41.4 Å². The lowest BCUT2D eigenvalue weighted by atomic mass is 9.97. The first-order valence-corrected chi connectivity index (χ1v) is 9.52. The number of nitrogens with zero attached hydrogens (tertiary/aromatic N) is 2. The molecule has 0 bridgehead atoms. The van der Waals surface area contributed by atoms with E-state index in [1.54, 1.807) is 0 Å². The molecule has 2 heterocycles. The summed E-state index contributed by atoms with van der Waals surface area (Å²) < 4.78 is 27.0. The van der Waals surface area contributed by atoms with Gasteiger partial charge in [-0.1, -0.05) is 12.8 Å². The molecule has 1 aromatic heterocycles. The van der Waals surface area contributed by atoms with E-state index >= 15 is 0 Å². The van der Waals surface area contributed by atoms with E-state index in [9.17, 15) is 13.2 Å². The molecule has 1 aromatic rings. The number of sulfonamides is 1. The molecule has 0 spiro atoms. The van der Waals surface area contributed by atoms with Crippen LogP contribution in [0.2, 0.25) is 0 Å². The van der Waals surface area contributed by atoms with Crippen LogP contribution in [0.1, 0.15) is 49.0 Å². The van der Waals surface area contributed by atoms with Crippen LogP contribution in [-0.2, 0) is 10.0 Å². The molecule has 1 unspecified atom stereocenters. The van der Waals surface area contributed by atoms with Gasteiger partial charge in [-0.3, -0.25) is 0 Å². The van der Waals surface area contributed by atoms with Crippen LogP contribution in [0.25, 0.3) is 0 Å². The van der Waals surface area contributed by atoms with Gasteiger partial charge in [0.2, 0.25) is 0 Å². The van der Waals surface area contributed by atoms with Crippen molar-refractivity contribution in [3.63, 3.8) is 0 Å². The van der Waals surface area contributed by atoms with E-state index in [0.717, 1.165) is 49.9 Å². The van der Waals surface area contributed by atoms with Crippen molar-refractivity contribution in [2.75, 3.05) is 6.54 Å². The van der Waals surface area contributed by atoms with Gasteiger partial charge in [0, 0.05) is 12.6 Å². The first-order valence-electron chi connectivity index (χ1n) is 7.20. The van der Waals surface area contributed by atoms with Crippen molar-refractivity contribution in [3.05, 3.63) is 11.2 Å². The topological polar surface area (TPSA) is 87.6 Å². The third-order valence-corrected chi connectivity index (χ3v) is 7.74. The molecule has 6 nitrogen and oxygen atoms in total. The van der Waals surface area contributed by atoms with Gasteiger partial charge in [-0.05, 0) is 31.6 Å². The third-order valence-electron chi connectivity index (χ3n) is 4.47. The van der Waals surface area contributed by atoms with Gasteiger partial charge >= 0.3 is 5.97 Å². The molecule has 2 fully saturated rings. The zero-order valence-electron chi connectivity index (χ0n) is 11.6. The first kappa shape index (κ1) is 14.9. The molecule has 3 rings (SSSR count). The van der Waals surface area contributed by atoms with Gasteiger partial charge in [0.25, 0.3) is 10.0 Å². The average Bonchev–Trinajstić information content (AvgIpc) is 3.18. The van der Waals surface area contributed by atoms with Crippen molar-refractivity contribution < 1.29 is 18.3 Å². The molecule has 0 aromatic carbocycles. The van der Waals surface area contributed by atoms with Crippen molar-refractivity contribution in [3.8, 4) is 0 Å². The number of hydrogen-bond acceptors (Lipinski definition) is 5. The monoisotopic (exact) mass is 330 g/mol. The van der Waals surface area contributed by atoms with Crippen molar-refractivity contribution in [1.29, 1.82) is 0 Å². The van der Waals surface area contributed by atoms with Crippen LogP contribution in [0, 0.1) is 5.92 Å². The lowest BCUT2D eigenvalue weighted by molar-refractivity contribution is 0.0687. The highest BCUT2D eigenvalue weighted by molar-refractivity contribution is 7.91. The standard InChI is InChI=1S/C13H18N2O4S2/c16-12(17)11-13(20-8-14-11)21(18,19)15-7-3-6-10(15)9-4-1-2-5-9/h8-10H,1-7H2,(H,16,17). The molecule has 1 N–H and O–H groups in total. The molecule has 1 saturated carbocycles. The molecule has 8 heteroatoms. The average molecular weight is 330 g/mol. The molecule has 1 saturated heterocycles. The zero-order valence-corrected chi connectivity index (χ0v) is 13.2. The summed E-state index contributed by atoms with van der Waals surface area (Å²) in [6, 6.07) is 0.0289. The van der Waals surface area contributed by atoms with Crippen LogP contribution in [0.3, 0.4) is 0 Å². The lowest BCUT2D eigenvalue weighted by Gasteiger charge is -2.28. The van der Waals surface area contributed by atoms with Gasteiger partial charge in [0.05, 0.1) is 5.51 Å². The van der Waals surface area contributed by atoms with Crippen LogP contribution < -0.4 is 0 Å². The number of rotatable bonds is 4. The fourth-order valence-electron chi connectivity index (χ4n) is 3.54. The minimum absolute atomic E-state index is 0.0289. The second-order valence-electron chi connectivity index (χ2n) is 5.66. The number of thiazole rings is 1. The van der Waals surface area contributed by atoms with Crippen LogP contribution in [0.5, 0.6) is 0 Å². The fourth-order valence-corrected chi connectivity index (χ4v) is 6.55. The Hall–Kier alpha value is -0.990. The Balaban J connectivity index is 1.93. The quantitative estimate of drug-likeness (QED) is 0.914. The molecule has 116 valence electrons. The highest BCUT2D eigenvalue weighted by Crippen LogP contribution is 2.39. The molecule has 1 atom stereocenters. The predicted octanol–water partition coefficient (Wildman–Crippen LogP) is 2.18. The SMILES string of the molecule is O=C(O)c1ncsc1S(=O)(=O)N1CCCC1C1CCCC1. The summed E-state index contributed by atoms with van der Waals surface area (Å²) in [7, 11) is -3.75. The Kier molecular flexibility index (Phi) is 4.02. The Bertz CT molecular complexity index is 634. The summed E-state index contributed by atoms with van der Waals surface area (Å²) in [5.74, 6) is -0.866. The summed E-state index contributed by atoms with van der Waals surface area (Å²) >= 11 is 0.895. The minimum atomic E-state index is -3.75. The van der Waals surface area contributed by atoms with E-state index in [1.807, 2.05) is 0 Å². The number of carbonyl (C=O) groups is 1. The molecule has 1 aliphatic heterocycles. The van der Waals surface area contributed by atoms with E-state index in [2.05, 4.69) is 4.98 Å². The molecular formula is C13H18N2O4S2. The first-order chi connectivity index (χ1) is 10.0. The smallest absolute Gasteiger partial charge is 0.356 e. The van der Waals surface area contributed by atoms with Gasteiger partial charge in [0.15, 0.2) is 9.90 Å². The summed E-state index contributed by atoms with van der Waals surface area (Å²) in [5, 5.41) is 9.10. The summed E-state index contributed by atoms with van der Waals surface area (Å²) in [4.78, 5) is 14.8. The van der Waals surface area contributed by atoms with E-state index in [1.165, 1.54) is 9.82 Å².